The van der Waals surface area contributed by atoms with Crippen LogP contribution in [-0.4, -0.2) is 32.1 Å². The van der Waals surface area contributed by atoms with Crippen LogP contribution < -0.4 is 10.2 Å². The van der Waals surface area contributed by atoms with E-state index in [1.165, 1.54) is 6.26 Å². The number of hydrogen-bond donors (Lipinski definition) is 1. The van der Waals surface area contributed by atoms with Crippen LogP contribution in [0.1, 0.15) is 16.7 Å². The zero-order valence-electron chi connectivity index (χ0n) is 16.9. The summed E-state index contributed by atoms with van der Waals surface area (Å²) in [5.41, 5.74) is 3.63. The van der Waals surface area contributed by atoms with E-state index in [0.717, 1.165) is 22.4 Å². The van der Waals surface area contributed by atoms with Gasteiger partial charge in [-0.05, 0) is 34.9 Å². The predicted octanol–water partition coefficient (Wildman–Crippen LogP) is 2.95. The molecule has 0 fully saturated rings. The van der Waals surface area contributed by atoms with E-state index >= 15 is 0 Å². The molecule has 0 bridgehead atoms. The van der Waals surface area contributed by atoms with Crippen molar-refractivity contribution in [1.29, 1.82) is 0 Å². The van der Waals surface area contributed by atoms with E-state index in [2.05, 4.69) is 10.3 Å². The molecule has 0 unspecified atom stereocenters. The number of rotatable bonds is 9. The average molecular weight is 424 g/mol. The lowest BCUT2D eigenvalue weighted by molar-refractivity contribution is -0.119. The Labute approximate surface area is 177 Å². The number of sulfone groups is 1. The first-order valence-electron chi connectivity index (χ1n) is 9.60. The minimum atomic E-state index is -3.06. The van der Waals surface area contributed by atoms with E-state index in [4.69, 9.17) is 0 Å². The molecule has 3 aromatic rings. The molecule has 1 heterocycles. The van der Waals surface area contributed by atoms with Gasteiger partial charge in [-0.15, -0.1) is 0 Å². The molecule has 7 heteroatoms. The Balaban J connectivity index is 1.60. The van der Waals surface area contributed by atoms with Gasteiger partial charge in [0, 0.05) is 37.4 Å². The van der Waals surface area contributed by atoms with E-state index in [0.29, 0.717) is 13.1 Å². The lowest BCUT2D eigenvalue weighted by Crippen LogP contribution is -2.36. The van der Waals surface area contributed by atoms with Crippen LogP contribution in [0.3, 0.4) is 0 Å². The number of benzene rings is 2. The van der Waals surface area contributed by atoms with E-state index in [1.54, 1.807) is 24.5 Å². The van der Waals surface area contributed by atoms with Crippen molar-refractivity contribution in [1.82, 2.24) is 10.3 Å². The minimum Gasteiger partial charge on any atom is -0.358 e. The van der Waals surface area contributed by atoms with Crippen LogP contribution in [0.5, 0.6) is 0 Å². The fourth-order valence-electron chi connectivity index (χ4n) is 3.08. The highest BCUT2D eigenvalue weighted by molar-refractivity contribution is 7.89. The average Bonchev–Trinajstić information content (AvgIpc) is 2.73. The Bertz CT molecular complexity index is 1050. The highest BCUT2D eigenvalue weighted by atomic mass is 32.2. The Kier molecular flexibility index (Phi) is 7.19. The molecule has 0 saturated heterocycles. The predicted molar refractivity (Wildman–Crippen MR) is 119 cm³/mol. The van der Waals surface area contributed by atoms with Crippen LogP contribution in [0.15, 0.2) is 79.1 Å². The van der Waals surface area contributed by atoms with Crippen molar-refractivity contribution < 1.29 is 13.2 Å². The molecule has 1 aromatic heterocycles. The first-order chi connectivity index (χ1) is 14.4. The van der Waals surface area contributed by atoms with Gasteiger partial charge in [0.05, 0.1) is 12.3 Å². The van der Waals surface area contributed by atoms with E-state index in [9.17, 15) is 13.2 Å². The molecule has 1 N–H and O–H groups in total. The van der Waals surface area contributed by atoms with Gasteiger partial charge >= 0.3 is 0 Å². The van der Waals surface area contributed by atoms with Gasteiger partial charge in [-0.2, -0.15) is 0 Å². The van der Waals surface area contributed by atoms with Gasteiger partial charge in [0.25, 0.3) is 0 Å². The first kappa shape index (κ1) is 21.5. The monoisotopic (exact) mass is 423 g/mol. The van der Waals surface area contributed by atoms with Gasteiger partial charge in [-0.25, -0.2) is 8.42 Å². The van der Waals surface area contributed by atoms with Crippen molar-refractivity contribution in [3.8, 4) is 0 Å². The summed E-state index contributed by atoms with van der Waals surface area (Å²) in [5.74, 6) is -0.0806. The Morgan fingerprint density at radius 3 is 2.27 bits per heavy atom. The maximum absolute atomic E-state index is 12.6. The molecule has 2 aromatic carbocycles. The number of carbonyl (C=O) groups is 1. The smallest absolute Gasteiger partial charge is 0.239 e. The lowest BCUT2D eigenvalue weighted by atomic mass is 10.1. The molecule has 6 nitrogen and oxygen atoms in total. The summed E-state index contributed by atoms with van der Waals surface area (Å²) >= 11 is 0. The number of aromatic nitrogens is 1. The number of hydrogen-bond acceptors (Lipinski definition) is 5. The maximum atomic E-state index is 12.6. The number of nitrogens with zero attached hydrogens (tertiary/aromatic N) is 2. The number of amides is 1. The van der Waals surface area contributed by atoms with Crippen molar-refractivity contribution in [3.63, 3.8) is 0 Å². The Morgan fingerprint density at radius 1 is 0.933 bits per heavy atom. The molecular formula is C23H25N3O3S. The lowest BCUT2D eigenvalue weighted by Gasteiger charge is -2.24. The molecular weight excluding hydrogens is 398 g/mol. The molecule has 3 rings (SSSR count). The molecule has 0 saturated carbocycles. The Hall–Kier alpha value is -3.19. The van der Waals surface area contributed by atoms with Crippen LogP contribution >= 0.6 is 0 Å². The van der Waals surface area contributed by atoms with Crippen molar-refractivity contribution in [2.45, 2.75) is 18.8 Å². The summed E-state index contributed by atoms with van der Waals surface area (Å²) in [4.78, 5) is 18.7. The highest BCUT2D eigenvalue weighted by Crippen LogP contribution is 2.16. The third kappa shape index (κ3) is 7.00. The van der Waals surface area contributed by atoms with Gasteiger partial charge in [0.1, 0.15) is 0 Å². The molecule has 1 amide bonds. The van der Waals surface area contributed by atoms with Crippen LogP contribution in [-0.2, 0) is 33.5 Å². The van der Waals surface area contributed by atoms with Crippen molar-refractivity contribution in [2.75, 3.05) is 17.7 Å². The number of nitrogens with one attached hydrogen (secondary N) is 1. The second-order valence-corrected chi connectivity index (χ2v) is 9.36. The van der Waals surface area contributed by atoms with Gasteiger partial charge < -0.3 is 10.2 Å². The zero-order chi connectivity index (χ0) is 21.4. The molecule has 0 radical (unpaired) electrons. The molecule has 0 atom stereocenters. The van der Waals surface area contributed by atoms with E-state index in [-0.39, 0.29) is 18.2 Å². The third-order valence-electron chi connectivity index (χ3n) is 4.49. The summed E-state index contributed by atoms with van der Waals surface area (Å²) < 4.78 is 22.8. The molecule has 0 aliphatic carbocycles. The van der Waals surface area contributed by atoms with Crippen LogP contribution in [0.25, 0.3) is 0 Å². The topological polar surface area (TPSA) is 79.4 Å². The van der Waals surface area contributed by atoms with Crippen LogP contribution in [0, 0.1) is 0 Å². The minimum absolute atomic E-state index is 0.0139. The number of pyridine rings is 1. The Morgan fingerprint density at radius 2 is 1.63 bits per heavy atom. The molecule has 0 spiro atoms. The third-order valence-corrected chi connectivity index (χ3v) is 5.35. The quantitative estimate of drug-likeness (QED) is 0.572. The summed E-state index contributed by atoms with van der Waals surface area (Å²) in [6.45, 7) is 1.17. The zero-order valence-corrected chi connectivity index (χ0v) is 17.7. The summed E-state index contributed by atoms with van der Waals surface area (Å²) in [7, 11) is -3.06. The first-order valence-corrected chi connectivity index (χ1v) is 11.7. The molecule has 30 heavy (non-hydrogen) atoms. The van der Waals surface area contributed by atoms with E-state index < -0.39 is 9.84 Å². The normalized spacial score (nSPS) is 11.1. The van der Waals surface area contributed by atoms with Crippen molar-refractivity contribution in [3.05, 3.63) is 95.8 Å². The van der Waals surface area contributed by atoms with Gasteiger partial charge in [-0.3, -0.25) is 9.78 Å². The standard InChI is InChI=1S/C23H25N3O3S/c1-30(28,29)18-20-11-9-19(10-12-20)15-25-23(27)17-26(22-7-3-2-4-8-22)16-21-6-5-13-24-14-21/h2-14H,15-18H2,1H3,(H,25,27). The molecule has 156 valence electrons. The second kappa shape index (κ2) is 10.0. The van der Waals surface area contributed by atoms with Crippen molar-refractivity contribution >= 4 is 21.4 Å². The summed E-state index contributed by atoms with van der Waals surface area (Å²) in [5, 5.41) is 2.94. The molecule has 0 aliphatic rings. The summed E-state index contributed by atoms with van der Waals surface area (Å²) in [6, 6.07) is 20.9. The van der Waals surface area contributed by atoms with Gasteiger partial charge in [0.2, 0.25) is 5.91 Å². The van der Waals surface area contributed by atoms with Crippen LogP contribution in [0.2, 0.25) is 0 Å². The van der Waals surface area contributed by atoms with E-state index in [1.807, 2.05) is 59.5 Å². The largest absolute Gasteiger partial charge is 0.358 e. The number of anilines is 1. The van der Waals surface area contributed by atoms with Gasteiger partial charge in [-0.1, -0.05) is 48.5 Å². The number of carbonyl (C=O) groups excluding carboxylic acids is 1. The van der Waals surface area contributed by atoms with Gasteiger partial charge in [0.15, 0.2) is 9.84 Å². The second-order valence-electron chi connectivity index (χ2n) is 7.22. The summed E-state index contributed by atoms with van der Waals surface area (Å²) in [6.07, 6.45) is 4.74. The van der Waals surface area contributed by atoms with Crippen LogP contribution in [0.4, 0.5) is 5.69 Å². The molecule has 0 aliphatic heterocycles. The SMILES string of the molecule is CS(=O)(=O)Cc1ccc(CNC(=O)CN(Cc2cccnc2)c2ccccc2)cc1. The van der Waals surface area contributed by atoms with Crippen molar-refractivity contribution in [2.24, 2.45) is 0 Å². The highest BCUT2D eigenvalue weighted by Gasteiger charge is 2.12. The fraction of sp³-hybridized carbons (Fsp3) is 0.217. The number of para-hydroxylation sites is 1. The maximum Gasteiger partial charge on any atom is 0.239 e. The fourth-order valence-corrected chi connectivity index (χ4v) is 3.87.